The maximum atomic E-state index is 10.0. The van der Waals surface area contributed by atoms with Crippen molar-refractivity contribution in [1.29, 1.82) is 0 Å². The van der Waals surface area contributed by atoms with Crippen LogP contribution in [0.4, 0.5) is 0 Å². The molecule has 160 valence electrons. The Balaban J connectivity index is -0.000000337. The van der Waals surface area contributed by atoms with E-state index in [0.717, 1.165) is 11.8 Å². The van der Waals surface area contributed by atoms with Gasteiger partial charge in [-0.3, -0.25) is 9.99 Å². The van der Waals surface area contributed by atoms with Crippen LogP contribution in [-0.2, 0) is 0 Å². The van der Waals surface area contributed by atoms with Crippen molar-refractivity contribution >= 4 is 21.9 Å². The number of carbonyl (C=O) groups is 1. The molecule has 5 nitrogen and oxygen atoms in total. The summed E-state index contributed by atoms with van der Waals surface area (Å²) in [6, 6.07) is 12.9. The van der Waals surface area contributed by atoms with Crippen LogP contribution < -0.4 is 5.20 Å². The molecule has 0 bridgehead atoms. The van der Waals surface area contributed by atoms with Gasteiger partial charge in [0.05, 0.1) is 6.21 Å². The molecule has 2 aromatic rings. The molecular formula is C23H35N2O3P. The number of carbonyl (C=O) groups excluding carboxylic acids is 1. The van der Waals surface area contributed by atoms with Crippen molar-refractivity contribution in [1.82, 2.24) is 5.20 Å². The summed E-state index contributed by atoms with van der Waals surface area (Å²) in [6.45, 7) is 10.0. The second kappa shape index (κ2) is 25.2. The number of phenolic OH excluding ortho intramolecular Hbond substituents is 2. The number of nitrogens with zero attached hydrogens (tertiary/aromatic N) is 1. The molecule has 6 heteroatoms. The highest BCUT2D eigenvalue weighted by molar-refractivity contribution is 7.13. The lowest BCUT2D eigenvalue weighted by atomic mass is 10.2. The highest BCUT2D eigenvalue weighted by Gasteiger charge is 1.87. The lowest BCUT2D eigenvalue weighted by Crippen LogP contribution is -1.85. The monoisotopic (exact) mass is 418 g/mol. The number of benzene rings is 2. The Morgan fingerprint density at radius 1 is 0.966 bits per heavy atom. The molecule has 2 rings (SSSR count). The minimum absolute atomic E-state index is 0.181. The molecule has 0 amide bonds. The van der Waals surface area contributed by atoms with Crippen LogP contribution in [0.5, 0.6) is 11.5 Å². The molecule has 0 saturated carbocycles. The fraction of sp³-hybridized carbons (Fsp3) is 0.304. The van der Waals surface area contributed by atoms with Crippen LogP contribution in [0.1, 0.15) is 63.4 Å². The molecule has 1 unspecified atom stereocenters. The van der Waals surface area contributed by atoms with E-state index in [1.165, 1.54) is 25.0 Å². The van der Waals surface area contributed by atoms with Gasteiger partial charge in [0.15, 0.2) is 0 Å². The average molecular weight is 419 g/mol. The van der Waals surface area contributed by atoms with Gasteiger partial charge in [-0.25, -0.2) is 0 Å². The highest BCUT2D eigenvalue weighted by Crippen LogP contribution is 2.08. The number of hydrazone groups is 1. The summed E-state index contributed by atoms with van der Waals surface area (Å²) in [4.78, 5) is 10.0. The van der Waals surface area contributed by atoms with Crippen molar-refractivity contribution in [3.05, 3.63) is 59.7 Å². The highest BCUT2D eigenvalue weighted by atomic mass is 31.0. The van der Waals surface area contributed by atoms with Gasteiger partial charge in [-0.15, -0.1) is 12.3 Å². The smallest absolute Gasteiger partial charge is 0.150 e. The van der Waals surface area contributed by atoms with Gasteiger partial charge in [0.25, 0.3) is 0 Å². The lowest BCUT2D eigenvalue weighted by Gasteiger charge is -1.92. The number of terminal acetylenes is 1. The first-order chi connectivity index (χ1) is 14.0. The van der Waals surface area contributed by atoms with Gasteiger partial charge in [-0.05, 0) is 70.4 Å². The first-order valence-electron chi connectivity index (χ1n) is 9.38. The molecule has 0 fully saturated rings. The first kappa shape index (κ1) is 30.9. The van der Waals surface area contributed by atoms with Crippen LogP contribution >= 0.6 is 9.39 Å². The fourth-order valence-electron chi connectivity index (χ4n) is 1.23. The average Bonchev–Trinajstić information content (AvgIpc) is 2.76. The molecule has 0 aliphatic carbocycles. The van der Waals surface area contributed by atoms with E-state index in [9.17, 15) is 4.79 Å². The molecule has 0 spiro atoms. The van der Waals surface area contributed by atoms with Crippen molar-refractivity contribution in [2.24, 2.45) is 5.10 Å². The Labute approximate surface area is 178 Å². The van der Waals surface area contributed by atoms with Gasteiger partial charge in [0.2, 0.25) is 0 Å². The van der Waals surface area contributed by atoms with Crippen LogP contribution in [0.15, 0.2) is 53.6 Å². The molecule has 0 radical (unpaired) electrons. The van der Waals surface area contributed by atoms with E-state index in [1.807, 2.05) is 13.8 Å². The van der Waals surface area contributed by atoms with Gasteiger partial charge in [-0.2, -0.15) is 5.10 Å². The Morgan fingerprint density at radius 2 is 1.31 bits per heavy atom. The van der Waals surface area contributed by atoms with Crippen LogP contribution in [0.3, 0.4) is 0 Å². The summed E-state index contributed by atoms with van der Waals surface area (Å²) in [5.41, 5.74) is 1.52. The third kappa shape index (κ3) is 23.1. The Hall–Kier alpha value is -2.83. The number of hydrogen-bond donors (Lipinski definition) is 3. The van der Waals surface area contributed by atoms with Gasteiger partial charge in [0.1, 0.15) is 17.8 Å². The number of unbranched alkanes of at least 4 members (excludes halogenated alkanes) is 1. The molecule has 3 N–H and O–H groups in total. The molecular weight excluding hydrogens is 383 g/mol. The zero-order valence-electron chi connectivity index (χ0n) is 18.1. The SMILES string of the molecule is C#CC.CC.CCCC.O=Cc1ccc(O)cc1.Oc1ccc(/C=N/NP)cc1. The number of rotatable bonds is 4. The molecule has 0 heterocycles. The second-order valence-corrected chi connectivity index (χ2v) is 5.24. The second-order valence-electron chi connectivity index (χ2n) is 4.98. The molecule has 1 atom stereocenters. The van der Waals surface area contributed by atoms with Crippen LogP contribution in [0, 0.1) is 12.3 Å². The van der Waals surface area contributed by atoms with Crippen LogP contribution in [0.25, 0.3) is 0 Å². The van der Waals surface area contributed by atoms with Crippen LogP contribution in [0.2, 0.25) is 0 Å². The predicted octanol–water partition coefficient (Wildman–Crippen LogP) is 5.78. The minimum atomic E-state index is 0.181. The topological polar surface area (TPSA) is 81.9 Å². The zero-order valence-corrected chi connectivity index (χ0v) is 19.2. The number of hydrogen-bond acceptors (Lipinski definition) is 5. The van der Waals surface area contributed by atoms with E-state index in [2.05, 4.69) is 45.9 Å². The summed E-state index contributed by atoms with van der Waals surface area (Å²) in [6.07, 6.45) is 9.63. The van der Waals surface area contributed by atoms with Gasteiger partial charge in [0, 0.05) is 5.56 Å². The third-order valence-electron chi connectivity index (χ3n) is 2.71. The van der Waals surface area contributed by atoms with Crippen molar-refractivity contribution in [3.8, 4) is 23.8 Å². The van der Waals surface area contributed by atoms with E-state index in [-0.39, 0.29) is 11.5 Å². The quantitative estimate of drug-likeness (QED) is 0.193. The normalized spacial score (nSPS) is 8.17. The van der Waals surface area contributed by atoms with Gasteiger partial charge >= 0.3 is 0 Å². The molecule has 0 saturated heterocycles. The Morgan fingerprint density at radius 3 is 1.59 bits per heavy atom. The van der Waals surface area contributed by atoms with Crippen molar-refractivity contribution < 1.29 is 15.0 Å². The summed E-state index contributed by atoms with van der Waals surface area (Å²) in [7, 11) is 2.26. The van der Waals surface area contributed by atoms with Gasteiger partial charge < -0.3 is 10.2 Å². The van der Waals surface area contributed by atoms with Crippen molar-refractivity contribution in [2.75, 3.05) is 0 Å². The largest absolute Gasteiger partial charge is 0.508 e. The lowest BCUT2D eigenvalue weighted by molar-refractivity contribution is 0.112. The predicted molar refractivity (Wildman–Crippen MR) is 128 cm³/mol. The number of phenols is 2. The van der Waals surface area contributed by atoms with E-state index in [0.29, 0.717) is 5.56 Å². The zero-order chi connectivity index (χ0) is 22.9. The minimum Gasteiger partial charge on any atom is -0.508 e. The van der Waals surface area contributed by atoms with E-state index >= 15 is 0 Å². The van der Waals surface area contributed by atoms with E-state index < -0.39 is 0 Å². The van der Waals surface area contributed by atoms with E-state index in [1.54, 1.807) is 49.5 Å². The molecule has 0 aliphatic rings. The van der Waals surface area contributed by atoms with Gasteiger partial charge in [-0.1, -0.05) is 40.5 Å². The van der Waals surface area contributed by atoms with Crippen molar-refractivity contribution in [3.63, 3.8) is 0 Å². The molecule has 0 aromatic heterocycles. The summed E-state index contributed by atoms with van der Waals surface area (Å²) in [5.74, 6) is 2.70. The van der Waals surface area contributed by atoms with E-state index in [4.69, 9.17) is 10.2 Å². The summed E-state index contributed by atoms with van der Waals surface area (Å²) in [5, 5.41) is 24.0. The Kier molecular flexibility index (Phi) is 26.8. The molecule has 29 heavy (non-hydrogen) atoms. The summed E-state index contributed by atoms with van der Waals surface area (Å²) >= 11 is 0. The summed E-state index contributed by atoms with van der Waals surface area (Å²) < 4.78 is 0. The van der Waals surface area contributed by atoms with Crippen LogP contribution in [-0.4, -0.2) is 22.7 Å². The number of nitrogens with one attached hydrogen (secondary N) is 1. The molecule has 0 aliphatic heterocycles. The maximum Gasteiger partial charge on any atom is 0.150 e. The standard InChI is InChI=1S/C7H9N2OP.C7H6O2.C4H10.C3H4.C2H6/c10-7-3-1-6(2-4-7)5-8-9-11;8-5-6-1-3-7(9)4-2-6;1-3-4-2;1-3-2;1-2/h1-5,9-10H,11H2;1-5,9H;3-4H2,1-2H3;1H,2H3;1-2H3/b8-5+;;;;. The Bertz CT molecular complexity index is 662. The number of aldehydes is 1. The molecule has 2 aromatic carbocycles. The fourth-order valence-corrected chi connectivity index (χ4v) is 1.30. The maximum absolute atomic E-state index is 10.0. The van der Waals surface area contributed by atoms with Crippen molar-refractivity contribution in [2.45, 2.75) is 47.5 Å². The third-order valence-corrected chi connectivity index (χ3v) is 2.86. The first-order valence-corrected chi connectivity index (χ1v) is 9.95. The number of aromatic hydroxyl groups is 2.